The summed E-state index contributed by atoms with van der Waals surface area (Å²) in [7, 11) is 0. The summed E-state index contributed by atoms with van der Waals surface area (Å²) < 4.78 is 0. The summed E-state index contributed by atoms with van der Waals surface area (Å²) >= 11 is 0. The van der Waals surface area contributed by atoms with Crippen molar-refractivity contribution in [1.82, 2.24) is 0 Å². The van der Waals surface area contributed by atoms with Crippen LogP contribution >= 0.6 is 0 Å². The molecule has 0 unspecified atom stereocenters. The van der Waals surface area contributed by atoms with E-state index in [1.54, 1.807) is 0 Å². The Kier molecular flexibility index (Phi) is 3.16. The Balaban J connectivity index is 1.88. The molecule has 2 saturated carbocycles. The molecule has 0 spiro atoms. The number of hydrogen-bond acceptors (Lipinski definition) is 1. The van der Waals surface area contributed by atoms with Gasteiger partial charge in [0.25, 0.3) is 0 Å². The molecule has 0 bridgehead atoms. The Labute approximate surface area is 87.9 Å². The molecule has 0 radical (unpaired) electrons. The summed E-state index contributed by atoms with van der Waals surface area (Å²) in [5, 5.41) is 10.5. The zero-order chi connectivity index (χ0) is 10.0. The van der Waals surface area contributed by atoms with Crippen LogP contribution in [0.4, 0.5) is 0 Å². The minimum Gasteiger partial charge on any atom is -0.390 e. The highest BCUT2D eigenvalue weighted by Crippen LogP contribution is 2.42. The molecule has 1 N–H and O–H groups in total. The van der Waals surface area contributed by atoms with Crippen LogP contribution in [0.5, 0.6) is 0 Å². The van der Waals surface area contributed by atoms with Crippen LogP contribution < -0.4 is 0 Å². The first kappa shape index (κ1) is 10.5. The molecule has 2 rings (SSSR count). The maximum atomic E-state index is 10.5. The normalized spacial score (nSPS) is 40.3. The molecule has 0 amide bonds. The van der Waals surface area contributed by atoms with Crippen LogP contribution in [0.25, 0.3) is 0 Å². The lowest BCUT2D eigenvalue weighted by Gasteiger charge is -2.33. The van der Waals surface area contributed by atoms with Gasteiger partial charge < -0.3 is 5.11 Å². The van der Waals surface area contributed by atoms with Crippen molar-refractivity contribution in [3.8, 4) is 0 Å². The number of rotatable bonds is 2. The molecule has 1 nitrogen and oxygen atoms in total. The fourth-order valence-electron chi connectivity index (χ4n) is 3.42. The van der Waals surface area contributed by atoms with Gasteiger partial charge in [-0.25, -0.2) is 0 Å². The molecular weight excluding hydrogens is 172 g/mol. The fourth-order valence-corrected chi connectivity index (χ4v) is 3.42. The van der Waals surface area contributed by atoms with Gasteiger partial charge in [-0.05, 0) is 31.1 Å². The predicted molar refractivity (Wildman–Crippen MR) is 59.2 cm³/mol. The average molecular weight is 196 g/mol. The van der Waals surface area contributed by atoms with E-state index in [0.29, 0.717) is 5.92 Å². The molecular formula is C13H24O. The van der Waals surface area contributed by atoms with E-state index in [2.05, 4.69) is 6.92 Å². The second kappa shape index (κ2) is 4.22. The van der Waals surface area contributed by atoms with Gasteiger partial charge in [0.2, 0.25) is 0 Å². The molecule has 0 aromatic carbocycles. The highest BCUT2D eigenvalue weighted by molar-refractivity contribution is 4.91. The summed E-state index contributed by atoms with van der Waals surface area (Å²) in [5.74, 6) is 1.37. The molecule has 1 heteroatoms. The molecule has 0 saturated heterocycles. The quantitative estimate of drug-likeness (QED) is 0.716. The van der Waals surface area contributed by atoms with E-state index in [-0.39, 0.29) is 5.60 Å². The summed E-state index contributed by atoms with van der Waals surface area (Å²) in [6.45, 7) is 2.23. The van der Waals surface area contributed by atoms with Gasteiger partial charge in [0.1, 0.15) is 0 Å². The van der Waals surface area contributed by atoms with E-state index in [9.17, 15) is 5.11 Å². The Morgan fingerprint density at radius 3 is 2.36 bits per heavy atom. The van der Waals surface area contributed by atoms with Gasteiger partial charge in [-0.3, -0.25) is 0 Å². The third kappa shape index (κ3) is 2.13. The monoisotopic (exact) mass is 196 g/mol. The Morgan fingerprint density at radius 2 is 1.79 bits per heavy atom. The third-order valence-electron chi connectivity index (χ3n) is 4.53. The molecule has 2 aliphatic carbocycles. The predicted octanol–water partition coefficient (Wildman–Crippen LogP) is 3.51. The van der Waals surface area contributed by atoms with Crippen LogP contribution in [-0.2, 0) is 0 Å². The zero-order valence-electron chi connectivity index (χ0n) is 9.47. The largest absolute Gasteiger partial charge is 0.390 e. The van der Waals surface area contributed by atoms with E-state index >= 15 is 0 Å². The highest BCUT2D eigenvalue weighted by atomic mass is 16.3. The lowest BCUT2D eigenvalue weighted by atomic mass is 9.77. The smallest absolute Gasteiger partial charge is 0.0675 e. The minimum absolute atomic E-state index is 0.290. The van der Waals surface area contributed by atoms with Gasteiger partial charge in [-0.1, -0.05) is 45.4 Å². The molecule has 2 fully saturated rings. The van der Waals surface area contributed by atoms with Crippen molar-refractivity contribution in [2.24, 2.45) is 11.8 Å². The van der Waals surface area contributed by atoms with Crippen molar-refractivity contribution in [3.63, 3.8) is 0 Å². The summed E-state index contributed by atoms with van der Waals surface area (Å²) in [4.78, 5) is 0. The van der Waals surface area contributed by atoms with E-state index in [1.807, 2.05) is 0 Å². The van der Waals surface area contributed by atoms with Crippen molar-refractivity contribution in [2.45, 2.75) is 70.3 Å². The molecule has 2 atom stereocenters. The first-order valence-corrected chi connectivity index (χ1v) is 6.43. The molecule has 14 heavy (non-hydrogen) atoms. The zero-order valence-corrected chi connectivity index (χ0v) is 9.47. The molecule has 2 aliphatic rings. The fraction of sp³-hybridized carbons (Fsp3) is 1.00. The molecule has 0 aliphatic heterocycles. The van der Waals surface area contributed by atoms with E-state index in [0.717, 1.165) is 18.8 Å². The van der Waals surface area contributed by atoms with Gasteiger partial charge >= 0.3 is 0 Å². The Morgan fingerprint density at radius 1 is 1.07 bits per heavy atom. The number of hydrogen-bond donors (Lipinski definition) is 1. The van der Waals surface area contributed by atoms with E-state index in [4.69, 9.17) is 0 Å². The summed E-state index contributed by atoms with van der Waals surface area (Å²) in [6.07, 6.45) is 11.6. The molecule has 0 aromatic rings. The van der Waals surface area contributed by atoms with E-state index in [1.165, 1.54) is 44.9 Å². The molecule has 82 valence electrons. The second-order valence-corrected chi connectivity index (χ2v) is 5.61. The van der Waals surface area contributed by atoms with Crippen molar-refractivity contribution >= 4 is 0 Å². The Hall–Kier alpha value is -0.0400. The van der Waals surface area contributed by atoms with Gasteiger partial charge in [0.05, 0.1) is 5.60 Å². The maximum Gasteiger partial charge on any atom is 0.0675 e. The first-order chi connectivity index (χ1) is 6.71. The van der Waals surface area contributed by atoms with Crippen LogP contribution in [0.1, 0.15) is 64.7 Å². The SMILES string of the molecule is C[C@H]1CCC[C@@]1(O)CC1CCCCC1. The van der Waals surface area contributed by atoms with Gasteiger partial charge in [-0.15, -0.1) is 0 Å². The third-order valence-corrected chi connectivity index (χ3v) is 4.53. The lowest BCUT2D eigenvalue weighted by molar-refractivity contribution is -0.0179. The standard InChI is InChI=1S/C13H24O/c1-11-6-5-9-13(11,14)10-12-7-3-2-4-8-12/h11-12,14H,2-10H2,1H3/t11-,13+/m0/s1. The van der Waals surface area contributed by atoms with Crippen molar-refractivity contribution in [1.29, 1.82) is 0 Å². The second-order valence-electron chi connectivity index (χ2n) is 5.61. The Bertz CT molecular complexity index is 184. The van der Waals surface area contributed by atoms with Crippen LogP contribution in [0.2, 0.25) is 0 Å². The summed E-state index contributed by atoms with van der Waals surface area (Å²) in [6, 6.07) is 0. The number of aliphatic hydroxyl groups is 1. The maximum absolute atomic E-state index is 10.5. The van der Waals surface area contributed by atoms with Crippen LogP contribution in [0.3, 0.4) is 0 Å². The van der Waals surface area contributed by atoms with Gasteiger partial charge in [-0.2, -0.15) is 0 Å². The van der Waals surface area contributed by atoms with Crippen molar-refractivity contribution in [2.75, 3.05) is 0 Å². The van der Waals surface area contributed by atoms with Crippen LogP contribution in [-0.4, -0.2) is 10.7 Å². The summed E-state index contributed by atoms with van der Waals surface area (Å²) in [5.41, 5.74) is -0.290. The molecule has 0 heterocycles. The average Bonchev–Trinajstić information content (AvgIpc) is 2.48. The highest BCUT2D eigenvalue weighted by Gasteiger charge is 2.39. The van der Waals surface area contributed by atoms with E-state index < -0.39 is 0 Å². The van der Waals surface area contributed by atoms with Crippen molar-refractivity contribution in [3.05, 3.63) is 0 Å². The lowest BCUT2D eigenvalue weighted by Crippen LogP contribution is -2.34. The topological polar surface area (TPSA) is 20.2 Å². The van der Waals surface area contributed by atoms with Gasteiger partial charge in [0.15, 0.2) is 0 Å². The first-order valence-electron chi connectivity index (χ1n) is 6.43. The van der Waals surface area contributed by atoms with Crippen LogP contribution in [0, 0.1) is 11.8 Å². The van der Waals surface area contributed by atoms with Gasteiger partial charge in [0, 0.05) is 0 Å². The molecule has 0 aromatic heterocycles. The van der Waals surface area contributed by atoms with Crippen molar-refractivity contribution < 1.29 is 5.11 Å². The van der Waals surface area contributed by atoms with Crippen LogP contribution in [0.15, 0.2) is 0 Å². The minimum atomic E-state index is -0.290.